The van der Waals surface area contributed by atoms with Gasteiger partial charge in [-0.2, -0.15) is 5.26 Å². The largest absolute Gasteiger partial charge is 0.497 e. The Morgan fingerprint density at radius 2 is 1.92 bits per heavy atom. The lowest BCUT2D eigenvalue weighted by molar-refractivity contribution is 0.415. The summed E-state index contributed by atoms with van der Waals surface area (Å²) in [4.78, 5) is 19.5. The van der Waals surface area contributed by atoms with Crippen LogP contribution in [0.15, 0.2) is 58.5 Å². The van der Waals surface area contributed by atoms with Crippen molar-refractivity contribution >= 4 is 11.8 Å². The first-order valence-electron chi connectivity index (χ1n) is 7.98. The second-order valence-electron chi connectivity index (χ2n) is 5.65. The van der Waals surface area contributed by atoms with E-state index >= 15 is 0 Å². The number of hydrogen-bond acceptors (Lipinski definition) is 5. The Morgan fingerprint density at radius 3 is 2.58 bits per heavy atom. The van der Waals surface area contributed by atoms with Crippen molar-refractivity contribution in [3.05, 3.63) is 75.6 Å². The molecule has 0 atom stereocenters. The van der Waals surface area contributed by atoms with Crippen LogP contribution in [0.4, 0.5) is 0 Å². The second-order valence-corrected chi connectivity index (χ2v) is 6.61. The average molecular weight is 363 g/mol. The summed E-state index contributed by atoms with van der Waals surface area (Å²) in [5.41, 5.74) is 3.02. The van der Waals surface area contributed by atoms with Gasteiger partial charge in [-0.05, 0) is 42.3 Å². The quantitative estimate of drug-likeness (QED) is 0.549. The molecule has 2 aromatic carbocycles. The topological polar surface area (TPSA) is 78.8 Å². The number of benzene rings is 2. The first-order valence-corrected chi connectivity index (χ1v) is 8.97. The highest BCUT2D eigenvalue weighted by atomic mass is 32.2. The number of aryl methyl sites for hydroxylation is 1. The van der Waals surface area contributed by atoms with Gasteiger partial charge >= 0.3 is 0 Å². The van der Waals surface area contributed by atoms with Crippen molar-refractivity contribution in [1.29, 1.82) is 5.26 Å². The minimum atomic E-state index is -0.430. The zero-order valence-corrected chi connectivity index (χ0v) is 15.3. The summed E-state index contributed by atoms with van der Waals surface area (Å²) in [6.45, 7) is 2.05. The summed E-state index contributed by atoms with van der Waals surface area (Å²) in [6, 6.07) is 17.2. The standard InChI is InChI=1S/C20H17N3O2S/c1-13-5-3-4-6-15(13)12-26-20-22-18(17(11-21)19(24)23-20)14-7-9-16(25-2)10-8-14/h3-10H,12H2,1-2H3,(H,22,23,24). The molecule has 6 heteroatoms. The molecule has 26 heavy (non-hydrogen) atoms. The van der Waals surface area contributed by atoms with Gasteiger partial charge in [0.1, 0.15) is 17.4 Å². The van der Waals surface area contributed by atoms with E-state index in [1.807, 2.05) is 31.2 Å². The highest BCUT2D eigenvalue weighted by molar-refractivity contribution is 7.98. The third-order valence-electron chi connectivity index (χ3n) is 4.00. The minimum absolute atomic E-state index is 0.00964. The molecule has 0 saturated carbocycles. The third-order valence-corrected chi connectivity index (χ3v) is 4.92. The number of aromatic nitrogens is 2. The molecule has 0 fully saturated rings. The smallest absolute Gasteiger partial charge is 0.270 e. The van der Waals surface area contributed by atoms with Crippen molar-refractivity contribution < 1.29 is 4.74 Å². The van der Waals surface area contributed by atoms with Gasteiger partial charge < -0.3 is 9.72 Å². The SMILES string of the molecule is COc1ccc(-c2nc(SCc3ccccc3C)[nH]c(=O)c2C#N)cc1. The summed E-state index contributed by atoms with van der Waals surface area (Å²) >= 11 is 1.44. The predicted octanol–water partition coefficient (Wildman–Crippen LogP) is 3.92. The number of nitrogens with zero attached hydrogens (tertiary/aromatic N) is 2. The van der Waals surface area contributed by atoms with Crippen LogP contribution < -0.4 is 10.3 Å². The molecule has 1 N–H and O–H groups in total. The number of hydrogen-bond donors (Lipinski definition) is 1. The zero-order chi connectivity index (χ0) is 18.5. The normalized spacial score (nSPS) is 10.3. The highest BCUT2D eigenvalue weighted by Gasteiger charge is 2.14. The summed E-state index contributed by atoms with van der Waals surface area (Å²) < 4.78 is 5.15. The number of thioether (sulfide) groups is 1. The van der Waals surface area contributed by atoms with Crippen molar-refractivity contribution in [2.45, 2.75) is 17.8 Å². The number of rotatable bonds is 5. The van der Waals surface area contributed by atoms with Gasteiger partial charge in [-0.15, -0.1) is 0 Å². The van der Waals surface area contributed by atoms with E-state index in [0.717, 1.165) is 0 Å². The number of ether oxygens (including phenoxy) is 1. The molecule has 0 radical (unpaired) electrons. The molecule has 1 aromatic heterocycles. The molecule has 0 bridgehead atoms. The Balaban J connectivity index is 1.95. The third kappa shape index (κ3) is 3.79. The fraction of sp³-hybridized carbons (Fsp3) is 0.150. The van der Waals surface area contributed by atoms with Gasteiger partial charge in [-0.1, -0.05) is 36.0 Å². The maximum atomic E-state index is 12.3. The Bertz CT molecular complexity index is 1020. The van der Waals surface area contributed by atoms with Crippen molar-refractivity contribution in [1.82, 2.24) is 9.97 Å². The van der Waals surface area contributed by atoms with Crippen LogP contribution >= 0.6 is 11.8 Å². The van der Waals surface area contributed by atoms with Crippen LogP contribution in [0.1, 0.15) is 16.7 Å². The van der Waals surface area contributed by atoms with E-state index in [4.69, 9.17) is 4.74 Å². The first kappa shape index (κ1) is 17.8. The Kier molecular flexibility index (Phi) is 5.40. The van der Waals surface area contributed by atoms with Crippen molar-refractivity contribution in [2.24, 2.45) is 0 Å². The van der Waals surface area contributed by atoms with E-state index in [9.17, 15) is 10.1 Å². The van der Waals surface area contributed by atoms with E-state index in [-0.39, 0.29) is 5.56 Å². The lowest BCUT2D eigenvalue weighted by atomic mass is 10.1. The molecular formula is C20H17N3O2S. The summed E-state index contributed by atoms with van der Waals surface area (Å²) in [5.74, 6) is 1.38. The molecule has 5 nitrogen and oxygen atoms in total. The first-order chi connectivity index (χ1) is 12.6. The van der Waals surface area contributed by atoms with Gasteiger partial charge in [-0.25, -0.2) is 4.98 Å². The van der Waals surface area contributed by atoms with E-state index < -0.39 is 5.56 Å². The van der Waals surface area contributed by atoms with E-state index in [1.54, 1.807) is 31.4 Å². The maximum Gasteiger partial charge on any atom is 0.270 e. The molecular weight excluding hydrogens is 346 g/mol. The zero-order valence-electron chi connectivity index (χ0n) is 14.4. The maximum absolute atomic E-state index is 12.3. The van der Waals surface area contributed by atoms with Gasteiger partial charge in [-0.3, -0.25) is 4.79 Å². The monoisotopic (exact) mass is 363 g/mol. The summed E-state index contributed by atoms with van der Waals surface area (Å²) in [7, 11) is 1.58. The van der Waals surface area contributed by atoms with E-state index in [1.165, 1.54) is 22.9 Å². The van der Waals surface area contributed by atoms with Crippen LogP contribution in [0.5, 0.6) is 5.75 Å². The average Bonchev–Trinajstić information content (AvgIpc) is 2.67. The van der Waals surface area contributed by atoms with Crippen molar-refractivity contribution in [2.75, 3.05) is 7.11 Å². The van der Waals surface area contributed by atoms with E-state index in [0.29, 0.717) is 27.9 Å². The lowest BCUT2D eigenvalue weighted by Gasteiger charge is -2.08. The summed E-state index contributed by atoms with van der Waals surface area (Å²) in [6.07, 6.45) is 0. The number of nitrogens with one attached hydrogen (secondary N) is 1. The molecule has 130 valence electrons. The van der Waals surface area contributed by atoms with Crippen molar-refractivity contribution in [3.8, 4) is 23.1 Å². The second kappa shape index (κ2) is 7.89. The molecule has 1 heterocycles. The van der Waals surface area contributed by atoms with Gasteiger partial charge in [0, 0.05) is 11.3 Å². The van der Waals surface area contributed by atoms with Gasteiger partial charge in [0.05, 0.1) is 12.8 Å². The lowest BCUT2D eigenvalue weighted by Crippen LogP contribution is -2.14. The molecule has 0 spiro atoms. The van der Waals surface area contributed by atoms with Crippen LogP contribution in [-0.2, 0) is 5.75 Å². The van der Waals surface area contributed by atoms with Crippen LogP contribution in [-0.4, -0.2) is 17.1 Å². The summed E-state index contributed by atoms with van der Waals surface area (Å²) in [5, 5.41) is 9.84. The highest BCUT2D eigenvalue weighted by Crippen LogP contribution is 2.26. The fourth-order valence-electron chi connectivity index (χ4n) is 2.50. The predicted molar refractivity (Wildman–Crippen MR) is 102 cm³/mol. The molecule has 0 unspecified atom stereocenters. The Hall–Kier alpha value is -3.04. The number of aromatic amines is 1. The van der Waals surface area contributed by atoms with Gasteiger partial charge in [0.25, 0.3) is 5.56 Å². The molecule has 3 aromatic rings. The Labute approximate surface area is 155 Å². The molecule has 0 amide bonds. The van der Waals surface area contributed by atoms with E-state index in [2.05, 4.69) is 16.0 Å². The fourth-order valence-corrected chi connectivity index (χ4v) is 3.44. The minimum Gasteiger partial charge on any atom is -0.497 e. The van der Waals surface area contributed by atoms with Crippen LogP contribution in [0.25, 0.3) is 11.3 Å². The number of nitriles is 1. The van der Waals surface area contributed by atoms with Crippen LogP contribution in [0.3, 0.4) is 0 Å². The molecule has 0 aliphatic carbocycles. The van der Waals surface area contributed by atoms with Gasteiger partial charge in [0.15, 0.2) is 5.16 Å². The molecule has 3 rings (SSSR count). The number of methoxy groups -OCH3 is 1. The van der Waals surface area contributed by atoms with Crippen LogP contribution in [0, 0.1) is 18.3 Å². The van der Waals surface area contributed by atoms with Gasteiger partial charge in [0.2, 0.25) is 0 Å². The molecule has 0 saturated heterocycles. The number of H-pyrrole nitrogens is 1. The Morgan fingerprint density at radius 1 is 1.19 bits per heavy atom. The van der Waals surface area contributed by atoms with Crippen molar-refractivity contribution in [3.63, 3.8) is 0 Å². The van der Waals surface area contributed by atoms with Crippen LogP contribution in [0.2, 0.25) is 0 Å². The molecule has 0 aliphatic rings. The molecule has 0 aliphatic heterocycles.